The van der Waals surface area contributed by atoms with Gasteiger partial charge in [-0.25, -0.2) is 0 Å². The van der Waals surface area contributed by atoms with E-state index in [0.29, 0.717) is 12.8 Å². The van der Waals surface area contributed by atoms with Crippen LogP contribution in [0.3, 0.4) is 0 Å². The van der Waals surface area contributed by atoms with Crippen LogP contribution in [0.2, 0.25) is 0 Å². The lowest BCUT2D eigenvalue weighted by Crippen LogP contribution is -2.44. The zero-order valence-electron chi connectivity index (χ0n) is 11.5. The molecular weight excluding hydrogens is 242 g/mol. The molecule has 4 heteroatoms. The maximum Gasteiger partial charge on any atom is 0.307 e. The van der Waals surface area contributed by atoms with Crippen molar-refractivity contribution in [3.63, 3.8) is 0 Å². The summed E-state index contributed by atoms with van der Waals surface area (Å²) >= 11 is 0. The molecule has 2 rings (SSSR count). The van der Waals surface area contributed by atoms with Crippen LogP contribution >= 0.6 is 0 Å². The van der Waals surface area contributed by atoms with E-state index in [1.807, 2.05) is 32.0 Å². The summed E-state index contributed by atoms with van der Waals surface area (Å²) in [6.07, 6.45) is 1.28. The lowest BCUT2D eigenvalue weighted by Gasteiger charge is -2.35. The summed E-state index contributed by atoms with van der Waals surface area (Å²) in [5.74, 6) is -1.84. The van der Waals surface area contributed by atoms with Gasteiger partial charge in [0.25, 0.3) is 0 Å². The highest BCUT2D eigenvalue weighted by Gasteiger charge is 2.42. The second-order valence-electron chi connectivity index (χ2n) is 5.37. The maximum absolute atomic E-state index is 12.3. The average Bonchev–Trinajstić information content (AvgIpc) is 2.24. The molecule has 0 radical (unpaired) electrons. The van der Waals surface area contributed by atoms with Gasteiger partial charge >= 0.3 is 5.97 Å². The average molecular weight is 261 g/mol. The fourth-order valence-corrected chi connectivity index (χ4v) is 2.61. The number of rotatable bonds is 3. The number of hydrogen-bond donors (Lipinski definition) is 1. The summed E-state index contributed by atoms with van der Waals surface area (Å²) in [5, 5.41) is 9.02. The molecule has 1 aliphatic rings. The van der Waals surface area contributed by atoms with Crippen molar-refractivity contribution in [2.75, 3.05) is 11.9 Å². The molecular formula is C15H19NO3. The first kappa shape index (κ1) is 13.6. The Labute approximate surface area is 113 Å². The van der Waals surface area contributed by atoms with Crippen molar-refractivity contribution in [2.24, 2.45) is 11.8 Å². The van der Waals surface area contributed by atoms with E-state index in [0.717, 1.165) is 16.8 Å². The van der Waals surface area contributed by atoms with Crippen LogP contribution in [0, 0.1) is 25.7 Å². The Kier molecular flexibility index (Phi) is 3.60. The molecule has 0 aliphatic heterocycles. The second kappa shape index (κ2) is 5.03. The molecule has 2 unspecified atom stereocenters. The highest BCUT2D eigenvalue weighted by Crippen LogP contribution is 2.36. The van der Waals surface area contributed by atoms with Gasteiger partial charge < -0.3 is 10.0 Å². The van der Waals surface area contributed by atoms with Crippen molar-refractivity contribution in [3.8, 4) is 0 Å². The topological polar surface area (TPSA) is 57.6 Å². The molecule has 0 aromatic heterocycles. The molecule has 102 valence electrons. The van der Waals surface area contributed by atoms with E-state index < -0.39 is 11.9 Å². The number of carbonyl (C=O) groups excluding carboxylic acids is 1. The third kappa shape index (κ3) is 2.62. The summed E-state index contributed by atoms with van der Waals surface area (Å²) < 4.78 is 0. The van der Waals surface area contributed by atoms with E-state index in [2.05, 4.69) is 0 Å². The third-order valence-corrected chi connectivity index (χ3v) is 3.83. The fourth-order valence-electron chi connectivity index (χ4n) is 2.61. The summed E-state index contributed by atoms with van der Waals surface area (Å²) in [5.41, 5.74) is 3.02. The number of anilines is 1. The zero-order valence-corrected chi connectivity index (χ0v) is 11.5. The van der Waals surface area contributed by atoms with Crippen molar-refractivity contribution in [1.82, 2.24) is 0 Å². The van der Waals surface area contributed by atoms with E-state index in [1.54, 1.807) is 11.9 Å². The molecule has 1 aliphatic carbocycles. The molecule has 1 aromatic carbocycles. The largest absolute Gasteiger partial charge is 0.481 e. The van der Waals surface area contributed by atoms with Crippen LogP contribution in [0.4, 0.5) is 5.69 Å². The number of hydrogen-bond acceptors (Lipinski definition) is 2. The highest BCUT2D eigenvalue weighted by molar-refractivity contribution is 5.97. The number of amides is 1. The number of carboxylic acid groups (broad SMARTS) is 1. The van der Waals surface area contributed by atoms with Crippen molar-refractivity contribution < 1.29 is 14.7 Å². The number of aryl methyl sites for hydroxylation is 2. The van der Waals surface area contributed by atoms with Gasteiger partial charge in [-0.05, 0) is 49.9 Å². The Hall–Kier alpha value is -1.84. The van der Waals surface area contributed by atoms with Gasteiger partial charge in [-0.15, -0.1) is 0 Å². The van der Waals surface area contributed by atoms with Crippen LogP contribution in [0.5, 0.6) is 0 Å². The molecule has 0 bridgehead atoms. The smallest absolute Gasteiger partial charge is 0.307 e. The lowest BCUT2D eigenvalue weighted by atomic mass is 9.73. The zero-order chi connectivity index (χ0) is 14.2. The van der Waals surface area contributed by atoms with E-state index in [1.165, 1.54) is 0 Å². The number of carboxylic acids is 1. The molecule has 1 saturated carbocycles. The number of nitrogens with zero attached hydrogens (tertiary/aromatic N) is 1. The molecule has 2 atom stereocenters. The molecule has 19 heavy (non-hydrogen) atoms. The highest BCUT2D eigenvalue weighted by atomic mass is 16.4. The van der Waals surface area contributed by atoms with Crippen LogP contribution in [0.25, 0.3) is 0 Å². The summed E-state index contributed by atoms with van der Waals surface area (Å²) in [7, 11) is 1.72. The van der Waals surface area contributed by atoms with Crippen LogP contribution < -0.4 is 4.90 Å². The lowest BCUT2D eigenvalue weighted by molar-refractivity contribution is -0.151. The first-order valence-electron chi connectivity index (χ1n) is 6.49. The first-order valence-corrected chi connectivity index (χ1v) is 6.49. The monoisotopic (exact) mass is 261 g/mol. The molecule has 4 nitrogen and oxygen atoms in total. The molecule has 1 N–H and O–H groups in total. The molecule has 1 amide bonds. The van der Waals surface area contributed by atoms with Gasteiger partial charge in [0.2, 0.25) is 5.91 Å². The molecule has 0 spiro atoms. The van der Waals surface area contributed by atoms with Crippen molar-refractivity contribution in [1.29, 1.82) is 0 Å². The van der Waals surface area contributed by atoms with Crippen molar-refractivity contribution >= 4 is 17.6 Å². The Morgan fingerprint density at radius 3 is 2.05 bits per heavy atom. The predicted molar refractivity (Wildman–Crippen MR) is 73.2 cm³/mol. The summed E-state index contributed by atoms with van der Waals surface area (Å²) in [4.78, 5) is 24.9. The minimum absolute atomic E-state index is 0.0938. The number of benzene rings is 1. The first-order chi connectivity index (χ1) is 8.90. The Balaban J connectivity index is 2.17. The fraction of sp³-hybridized carbons (Fsp3) is 0.467. The number of carbonyl (C=O) groups is 2. The summed E-state index contributed by atoms with van der Waals surface area (Å²) in [6, 6.07) is 5.93. The van der Waals surface area contributed by atoms with Crippen LogP contribution in [0.15, 0.2) is 18.2 Å². The quantitative estimate of drug-likeness (QED) is 0.908. The Morgan fingerprint density at radius 1 is 1.11 bits per heavy atom. The SMILES string of the molecule is Cc1cc(C)cc(N(C)C(=O)C2CCC2C(=O)O)c1. The van der Waals surface area contributed by atoms with Gasteiger partial charge in [-0.3, -0.25) is 9.59 Å². The minimum atomic E-state index is -0.863. The van der Waals surface area contributed by atoms with Crippen molar-refractivity contribution in [2.45, 2.75) is 26.7 Å². The van der Waals surface area contributed by atoms with Gasteiger partial charge in [-0.2, -0.15) is 0 Å². The van der Waals surface area contributed by atoms with E-state index in [-0.39, 0.29) is 11.8 Å². The molecule has 0 saturated heterocycles. The molecule has 0 heterocycles. The van der Waals surface area contributed by atoms with Gasteiger partial charge in [0.1, 0.15) is 0 Å². The minimum Gasteiger partial charge on any atom is -0.481 e. The summed E-state index contributed by atoms with van der Waals surface area (Å²) in [6.45, 7) is 3.97. The maximum atomic E-state index is 12.3. The second-order valence-corrected chi connectivity index (χ2v) is 5.37. The van der Waals surface area contributed by atoms with Crippen LogP contribution in [-0.4, -0.2) is 24.0 Å². The van der Waals surface area contributed by atoms with E-state index in [4.69, 9.17) is 5.11 Å². The standard InChI is InChI=1S/C15H19NO3/c1-9-6-10(2)8-11(7-9)16(3)14(17)12-4-5-13(12)15(18)19/h6-8,12-13H,4-5H2,1-3H3,(H,18,19). The van der Waals surface area contributed by atoms with E-state index in [9.17, 15) is 9.59 Å². The van der Waals surface area contributed by atoms with Gasteiger partial charge in [0.05, 0.1) is 11.8 Å². The van der Waals surface area contributed by atoms with Crippen molar-refractivity contribution in [3.05, 3.63) is 29.3 Å². The molecule has 1 fully saturated rings. The van der Waals surface area contributed by atoms with Crippen LogP contribution in [0.1, 0.15) is 24.0 Å². The predicted octanol–water partition coefficient (Wildman–Crippen LogP) is 2.38. The molecule has 1 aromatic rings. The third-order valence-electron chi connectivity index (χ3n) is 3.83. The Bertz CT molecular complexity index is 504. The van der Waals surface area contributed by atoms with Gasteiger partial charge in [0.15, 0.2) is 0 Å². The van der Waals surface area contributed by atoms with Gasteiger partial charge in [0, 0.05) is 12.7 Å². The van der Waals surface area contributed by atoms with E-state index >= 15 is 0 Å². The Morgan fingerprint density at radius 2 is 1.63 bits per heavy atom. The normalized spacial score (nSPS) is 21.6. The van der Waals surface area contributed by atoms with Crippen LogP contribution in [-0.2, 0) is 9.59 Å². The van der Waals surface area contributed by atoms with Gasteiger partial charge in [-0.1, -0.05) is 6.07 Å². The number of aliphatic carboxylic acids is 1.